The molecule has 3 aromatic rings. The third kappa shape index (κ3) is 6.88. The molecular weight excluding hydrogens is 603 g/mol. The van der Waals surface area contributed by atoms with Crippen molar-refractivity contribution in [3.05, 3.63) is 96.5 Å². The standard InChI is InChI=1S/C24H14Cl2F3IN2O2/c25-20-9-15(10-21(26)22(20)34-13-14-4-6-18(30)7-5-14)8-16(12-31)23(33)32-19-3-1-2-17(11-19)24(27,28)29/h1-11H,13H2,(H,32,33)/b16-8-. The van der Waals surface area contributed by atoms with E-state index in [1.807, 2.05) is 24.3 Å². The van der Waals surface area contributed by atoms with Crippen molar-refractivity contribution in [1.29, 1.82) is 5.26 Å². The summed E-state index contributed by atoms with van der Waals surface area (Å²) in [4.78, 5) is 12.5. The van der Waals surface area contributed by atoms with Gasteiger partial charge in [0.25, 0.3) is 5.91 Å². The van der Waals surface area contributed by atoms with Crippen molar-refractivity contribution in [3.63, 3.8) is 0 Å². The summed E-state index contributed by atoms with van der Waals surface area (Å²) in [6.07, 6.45) is -3.34. The fraction of sp³-hybridized carbons (Fsp3) is 0.0833. The minimum atomic E-state index is -4.56. The molecule has 10 heteroatoms. The SMILES string of the molecule is N#C/C(=C/c1cc(Cl)c(OCc2ccc(I)cc2)c(Cl)c1)C(=O)Nc1cccc(C(F)(F)F)c1. The van der Waals surface area contributed by atoms with Crippen molar-refractivity contribution in [2.75, 3.05) is 5.32 Å². The predicted molar refractivity (Wildman–Crippen MR) is 134 cm³/mol. The Kier molecular flexibility index (Phi) is 8.47. The molecule has 0 atom stereocenters. The van der Waals surface area contributed by atoms with Crippen molar-refractivity contribution in [3.8, 4) is 11.8 Å². The largest absolute Gasteiger partial charge is 0.486 e. The lowest BCUT2D eigenvalue weighted by molar-refractivity contribution is -0.137. The molecule has 174 valence electrons. The third-order valence-corrected chi connectivity index (χ3v) is 5.72. The smallest absolute Gasteiger partial charge is 0.416 e. The molecule has 0 aliphatic heterocycles. The summed E-state index contributed by atoms with van der Waals surface area (Å²) in [5.74, 6) is -0.640. The fourth-order valence-corrected chi connectivity index (χ4v) is 3.80. The quantitative estimate of drug-likeness (QED) is 0.175. The van der Waals surface area contributed by atoms with E-state index in [1.54, 1.807) is 6.07 Å². The Labute approximate surface area is 217 Å². The summed E-state index contributed by atoms with van der Waals surface area (Å²) in [5, 5.41) is 12.0. The molecule has 4 nitrogen and oxygen atoms in total. The van der Waals surface area contributed by atoms with Gasteiger partial charge in [-0.05, 0) is 82.3 Å². The van der Waals surface area contributed by atoms with Crippen LogP contribution in [0.2, 0.25) is 10.0 Å². The Morgan fingerprint density at radius 2 is 1.74 bits per heavy atom. The molecule has 0 heterocycles. The molecule has 34 heavy (non-hydrogen) atoms. The van der Waals surface area contributed by atoms with Crippen LogP contribution < -0.4 is 10.1 Å². The van der Waals surface area contributed by atoms with Crippen LogP contribution in [0.25, 0.3) is 6.08 Å². The number of nitrogens with zero attached hydrogens (tertiary/aromatic N) is 1. The molecule has 0 aliphatic rings. The Morgan fingerprint density at radius 3 is 2.32 bits per heavy atom. The maximum Gasteiger partial charge on any atom is 0.416 e. The monoisotopic (exact) mass is 616 g/mol. The van der Waals surface area contributed by atoms with Crippen LogP contribution in [0.1, 0.15) is 16.7 Å². The lowest BCUT2D eigenvalue weighted by Crippen LogP contribution is -2.14. The van der Waals surface area contributed by atoms with Crippen LogP contribution in [0.5, 0.6) is 5.75 Å². The first-order chi connectivity index (χ1) is 16.1. The van der Waals surface area contributed by atoms with E-state index < -0.39 is 17.6 Å². The highest BCUT2D eigenvalue weighted by atomic mass is 127. The van der Waals surface area contributed by atoms with Gasteiger partial charge < -0.3 is 10.1 Å². The number of amides is 1. The second-order valence-corrected chi connectivity index (χ2v) is 8.99. The number of anilines is 1. The molecular formula is C24H14Cl2F3IN2O2. The van der Waals surface area contributed by atoms with E-state index in [-0.39, 0.29) is 33.7 Å². The summed E-state index contributed by atoms with van der Waals surface area (Å²) >= 11 is 14.8. The van der Waals surface area contributed by atoms with Gasteiger partial charge in [0, 0.05) is 9.26 Å². The zero-order valence-corrected chi connectivity index (χ0v) is 20.8. The Bertz CT molecular complexity index is 1260. The van der Waals surface area contributed by atoms with E-state index in [4.69, 9.17) is 27.9 Å². The van der Waals surface area contributed by atoms with E-state index in [0.29, 0.717) is 5.56 Å². The highest BCUT2D eigenvalue weighted by Gasteiger charge is 2.30. The maximum atomic E-state index is 12.9. The van der Waals surface area contributed by atoms with Crippen LogP contribution in [-0.2, 0) is 17.6 Å². The van der Waals surface area contributed by atoms with Crippen molar-refractivity contribution in [2.45, 2.75) is 12.8 Å². The molecule has 1 N–H and O–H groups in total. The van der Waals surface area contributed by atoms with Crippen LogP contribution in [0.15, 0.2) is 66.2 Å². The number of nitrogens with one attached hydrogen (secondary N) is 1. The number of carbonyl (C=O) groups excluding carboxylic acids is 1. The number of rotatable bonds is 6. The number of hydrogen-bond acceptors (Lipinski definition) is 3. The molecule has 0 fully saturated rings. The first-order valence-electron chi connectivity index (χ1n) is 9.53. The van der Waals surface area contributed by atoms with E-state index in [0.717, 1.165) is 27.3 Å². The summed E-state index contributed by atoms with van der Waals surface area (Å²) in [7, 11) is 0. The normalized spacial score (nSPS) is 11.6. The fourth-order valence-electron chi connectivity index (χ4n) is 2.82. The number of halogens is 6. The first kappa shape index (κ1) is 25.9. The Balaban J connectivity index is 1.77. The lowest BCUT2D eigenvalue weighted by Gasteiger charge is -2.12. The summed E-state index contributed by atoms with van der Waals surface area (Å²) in [6.45, 7) is 0.231. The van der Waals surface area contributed by atoms with Crippen molar-refractivity contribution in [1.82, 2.24) is 0 Å². The van der Waals surface area contributed by atoms with Gasteiger partial charge in [0.2, 0.25) is 0 Å². The highest BCUT2D eigenvalue weighted by molar-refractivity contribution is 14.1. The van der Waals surface area contributed by atoms with Gasteiger partial charge in [0.15, 0.2) is 5.75 Å². The van der Waals surface area contributed by atoms with Crippen molar-refractivity contribution < 1.29 is 22.7 Å². The van der Waals surface area contributed by atoms with Gasteiger partial charge in [-0.1, -0.05) is 41.4 Å². The predicted octanol–water partition coefficient (Wildman–Crippen LogP) is 7.74. The van der Waals surface area contributed by atoms with E-state index in [2.05, 4.69) is 27.9 Å². The third-order valence-electron chi connectivity index (χ3n) is 4.44. The van der Waals surface area contributed by atoms with E-state index in [1.165, 1.54) is 24.3 Å². The van der Waals surface area contributed by atoms with Gasteiger partial charge in [-0.2, -0.15) is 18.4 Å². The molecule has 1 amide bonds. The van der Waals surface area contributed by atoms with Crippen LogP contribution in [-0.4, -0.2) is 5.91 Å². The van der Waals surface area contributed by atoms with Crippen LogP contribution in [0.3, 0.4) is 0 Å². The zero-order valence-electron chi connectivity index (χ0n) is 17.1. The zero-order chi connectivity index (χ0) is 24.9. The number of carbonyl (C=O) groups is 1. The minimum Gasteiger partial charge on any atom is -0.486 e. The Morgan fingerprint density at radius 1 is 1.09 bits per heavy atom. The molecule has 3 rings (SSSR count). The number of hydrogen-bond donors (Lipinski definition) is 1. The number of ether oxygens (including phenoxy) is 1. The molecule has 0 aromatic heterocycles. The van der Waals surface area contributed by atoms with Gasteiger partial charge in [-0.3, -0.25) is 4.79 Å². The second kappa shape index (κ2) is 11.1. The van der Waals surface area contributed by atoms with Crippen LogP contribution >= 0.6 is 45.8 Å². The lowest BCUT2D eigenvalue weighted by atomic mass is 10.1. The maximum absolute atomic E-state index is 12.9. The molecule has 0 unspecified atom stereocenters. The number of alkyl halides is 3. The molecule has 0 aliphatic carbocycles. The van der Waals surface area contributed by atoms with Crippen LogP contribution in [0, 0.1) is 14.9 Å². The summed E-state index contributed by atoms with van der Waals surface area (Å²) in [5.41, 5.74) is -0.123. The molecule has 0 saturated carbocycles. The molecule has 0 spiro atoms. The highest BCUT2D eigenvalue weighted by Crippen LogP contribution is 2.36. The topological polar surface area (TPSA) is 62.1 Å². The first-order valence-corrected chi connectivity index (χ1v) is 11.4. The van der Waals surface area contributed by atoms with Crippen molar-refractivity contribution in [2.24, 2.45) is 0 Å². The van der Waals surface area contributed by atoms with E-state index >= 15 is 0 Å². The number of benzene rings is 3. The van der Waals surface area contributed by atoms with Gasteiger partial charge in [-0.25, -0.2) is 0 Å². The summed E-state index contributed by atoms with van der Waals surface area (Å²) < 4.78 is 45.4. The van der Waals surface area contributed by atoms with Gasteiger partial charge in [-0.15, -0.1) is 0 Å². The van der Waals surface area contributed by atoms with Crippen molar-refractivity contribution >= 4 is 63.5 Å². The van der Waals surface area contributed by atoms with E-state index in [9.17, 15) is 23.2 Å². The average Bonchev–Trinajstić information content (AvgIpc) is 2.77. The Hall–Kier alpha value is -2.74. The van der Waals surface area contributed by atoms with Gasteiger partial charge in [0.1, 0.15) is 18.2 Å². The average molecular weight is 617 g/mol. The van der Waals surface area contributed by atoms with Gasteiger partial charge in [0.05, 0.1) is 15.6 Å². The molecule has 0 bridgehead atoms. The summed E-state index contributed by atoms with van der Waals surface area (Å²) in [6, 6.07) is 16.4. The van der Waals surface area contributed by atoms with Crippen LogP contribution in [0.4, 0.5) is 18.9 Å². The molecule has 3 aromatic carbocycles. The number of nitriles is 1. The molecule has 0 saturated heterocycles. The minimum absolute atomic E-state index is 0.101. The van der Waals surface area contributed by atoms with Gasteiger partial charge >= 0.3 is 6.18 Å². The molecule has 0 radical (unpaired) electrons. The second-order valence-electron chi connectivity index (χ2n) is 6.93.